The van der Waals surface area contributed by atoms with E-state index in [4.69, 9.17) is 4.74 Å². The minimum absolute atomic E-state index is 0.0414. The molecule has 1 fully saturated rings. The summed E-state index contributed by atoms with van der Waals surface area (Å²) in [5, 5.41) is 2.77. The Kier molecular flexibility index (Phi) is 3.64. The lowest BCUT2D eigenvalue weighted by Gasteiger charge is -2.13. The molecule has 0 aromatic heterocycles. The molecule has 0 aliphatic carbocycles. The van der Waals surface area contributed by atoms with Crippen LogP contribution in [0.3, 0.4) is 0 Å². The third-order valence-electron chi connectivity index (χ3n) is 2.53. The Hall–Kier alpha value is -1.71. The maximum absolute atomic E-state index is 11.2. The summed E-state index contributed by atoms with van der Waals surface area (Å²) in [6.45, 7) is 2.98. The van der Waals surface area contributed by atoms with Gasteiger partial charge in [0.25, 0.3) is 0 Å². The standard InChI is InChI=1S/C12H16N2O2/c15-12-13-7-9-14(12)8-4-10-16-11-5-2-1-3-6-11/h1-3,5-6H,4,7-10H2,(H,13,15). The lowest BCUT2D eigenvalue weighted by molar-refractivity contribution is 0.211. The summed E-state index contributed by atoms with van der Waals surface area (Å²) in [4.78, 5) is 13.0. The Morgan fingerprint density at radius 3 is 2.81 bits per heavy atom. The highest BCUT2D eigenvalue weighted by molar-refractivity contribution is 5.76. The second-order valence-electron chi connectivity index (χ2n) is 3.73. The van der Waals surface area contributed by atoms with Crippen molar-refractivity contribution in [2.75, 3.05) is 26.2 Å². The van der Waals surface area contributed by atoms with E-state index in [1.807, 2.05) is 35.2 Å². The van der Waals surface area contributed by atoms with Crippen LogP contribution in [0.25, 0.3) is 0 Å². The molecule has 1 saturated heterocycles. The summed E-state index contributed by atoms with van der Waals surface area (Å²) in [7, 11) is 0. The predicted molar refractivity (Wildman–Crippen MR) is 61.5 cm³/mol. The van der Waals surface area contributed by atoms with Crippen molar-refractivity contribution in [2.24, 2.45) is 0 Å². The van der Waals surface area contributed by atoms with Crippen molar-refractivity contribution in [1.29, 1.82) is 0 Å². The van der Waals surface area contributed by atoms with Gasteiger partial charge in [-0.05, 0) is 18.6 Å². The first kappa shape index (κ1) is 10.8. The number of carbonyl (C=O) groups is 1. The number of hydrogen-bond acceptors (Lipinski definition) is 2. The van der Waals surface area contributed by atoms with E-state index in [0.717, 1.165) is 31.8 Å². The lowest BCUT2D eigenvalue weighted by Crippen LogP contribution is -2.29. The molecule has 4 nitrogen and oxygen atoms in total. The Balaban J connectivity index is 1.64. The van der Waals surface area contributed by atoms with Crippen LogP contribution in [0.4, 0.5) is 4.79 Å². The second kappa shape index (κ2) is 5.39. The van der Waals surface area contributed by atoms with Gasteiger partial charge < -0.3 is 15.0 Å². The zero-order valence-corrected chi connectivity index (χ0v) is 9.19. The number of carbonyl (C=O) groups excluding carboxylic acids is 1. The first-order chi connectivity index (χ1) is 7.86. The summed E-state index contributed by atoms with van der Waals surface area (Å²) >= 11 is 0. The van der Waals surface area contributed by atoms with Crippen molar-refractivity contribution in [1.82, 2.24) is 10.2 Å². The summed E-state index contributed by atoms with van der Waals surface area (Å²) in [5.74, 6) is 0.883. The molecule has 0 bridgehead atoms. The van der Waals surface area contributed by atoms with E-state index in [-0.39, 0.29) is 6.03 Å². The number of amides is 2. The van der Waals surface area contributed by atoms with Gasteiger partial charge in [-0.3, -0.25) is 0 Å². The topological polar surface area (TPSA) is 41.6 Å². The average molecular weight is 220 g/mol. The van der Waals surface area contributed by atoms with Gasteiger partial charge in [0, 0.05) is 19.6 Å². The molecule has 86 valence electrons. The third kappa shape index (κ3) is 2.89. The smallest absolute Gasteiger partial charge is 0.317 e. The molecule has 1 aliphatic rings. The van der Waals surface area contributed by atoms with Crippen LogP contribution in [0.2, 0.25) is 0 Å². The van der Waals surface area contributed by atoms with Gasteiger partial charge in [0.1, 0.15) is 5.75 Å². The largest absolute Gasteiger partial charge is 0.494 e. The van der Waals surface area contributed by atoms with Gasteiger partial charge in [-0.1, -0.05) is 18.2 Å². The zero-order chi connectivity index (χ0) is 11.2. The molecule has 1 N–H and O–H groups in total. The van der Waals surface area contributed by atoms with Gasteiger partial charge in [0.05, 0.1) is 6.61 Å². The van der Waals surface area contributed by atoms with Crippen LogP contribution < -0.4 is 10.1 Å². The lowest BCUT2D eigenvalue weighted by atomic mass is 10.3. The highest BCUT2D eigenvalue weighted by Gasteiger charge is 2.18. The molecule has 0 atom stereocenters. The second-order valence-corrected chi connectivity index (χ2v) is 3.73. The maximum Gasteiger partial charge on any atom is 0.317 e. The Labute approximate surface area is 95.2 Å². The molecule has 0 radical (unpaired) electrons. The van der Waals surface area contributed by atoms with Crippen molar-refractivity contribution < 1.29 is 9.53 Å². The summed E-state index contributed by atoms with van der Waals surface area (Å²) in [6.07, 6.45) is 0.863. The number of para-hydroxylation sites is 1. The fourth-order valence-corrected chi connectivity index (χ4v) is 1.69. The van der Waals surface area contributed by atoms with Crippen molar-refractivity contribution in [3.05, 3.63) is 30.3 Å². The van der Waals surface area contributed by atoms with Gasteiger partial charge in [-0.2, -0.15) is 0 Å². The van der Waals surface area contributed by atoms with Crippen LogP contribution in [0, 0.1) is 0 Å². The number of nitrogens with one attached hydrogen (secondary N) is 1. The molecular formula is C12H16N2O2. The fraction of sp³-hybridized carbons (Fsp3) is 0.417. The van der Waals surface area contributed by atoms with Crippen molar-refractivity contribution in [3.8, 4) is 5.75 Å². The SMILES string of the molecule is O=C1NCCN1CCCOc1ccccc1. The van der Waals surface area contributed by atoms with Crippen LogP contribution in [0.1, 0.15) is 6.42 Å². The molecule has 0 spiro atoms. The highest BCUT2D eigenvalue weighted by Crippen LogP contribution is 2.08. The van der Waals surface area contributed by atoms with Crippen molar-refractivity contribution in [3.63, 3.8) is 0 Å². The van der Waals surface area contributed by atoms with E-state index >= 15 is 0 Å². The van der Waals surface area contributed by atoms with Gasteiger partial charge >= 0.3 is 6.03 Å². The molecule has 1 aliphatic heterocycles. The van der Waals surface area contributed by atoms with Crippen LogP contribution >= 0.6 is 0 Å². The number of benzene rings is 1. The normalized spacial score (nSPS) is 15.0. The molecule has 0 unspecified atom stereocenters. The minimum atomic E-state index is 0.0414. The fourth-order valence-electron chi connectivity index (χ4n) is 1.69. The number of urea groups is 1. The Morgan fingerprint density at radius 2 is 2.12 bits per heavy atom. The minimum Gasteiger partial charge on any atom is -0.494 e. The first-order valence-electron chi connectivity index (χ1n) is 5.57. The molecular weight excluding hydrogens is 204 g/mol. The van der Waals surface area contributed by atoms with Gasteiger partial charge in [-0.15, -0.1) is 0 Å². The van der Waals surface area contributed by atoms with Crippen LogP contribution in [0.5, 0.6) is 5.75 Å². The summed E-state index contributed by atoms with van der Waals surface area (Å²) < 4.78 is 5.54. The monoisotopic (exact) mass is 220 g/mol. The quantitative estimate of drug-likeness (QED) is 0.764. The van der Waals surface area contributed by atoms with E-state index < -0.39 is 0 Å². The highest BCUT2D eigenvalue weighted by atomic mass is 16.5. The van der Waals surface area contributed by atoms with Gasteiger partial charge in [0.15, 0.2) is 0 Å². The van der Waals surface area contributed by atoms with E-state index in [2.05, 4.69) is 5.32 Å². The molecule has 1 aromatic rings. The van der Waals surface area contributed by atoms with E-state index in [1.165, 1.54) is 0 Å². The molecule has 1 heterocycles. The number of rotatable bonds is 5. The van der Waals surface area contributed by atoms with Gasteiger partial charge in [-0.25, -0.2) is 4.79 Å². The molecule has 2 rings (SSSR count). The molecule has 16 heavy (non-hydrogen) atoms. The van der Waals surface area contributed by atoms with E-state index in [1.54, 1.807) is 0 Å². The van der Waals surface area contributed by atoms with Crippen molar-refractivity contribution >= 4 is 6.03 Å². The number of nitrogens with zero attached hydrogens (tertiary/aromatic N) is 1. The molecule has 2 amide bonds. The van der Waals surface area contributed by atoms with Gasteiger partial charge in [0.2, 0.25) is 0 Å². The third-order valence-corrected chi connectivity index (χ3v) is 2.53. The first-order valence-corrected chi connectivity index (χ1v) is 5.57. The van der Waals surface area contributed by atoms with E-state index in [9.17, 15) is 4.79 Å². The zero-order valence-electron chi connectivity index (χ0n) is 9.19. The number of hydrogen-bond donors (Lipinski definition) is 1. The van der Waals surface area contributed by atoms with Crippen molar-refractivity contribution in [2.45, 2.75) is 6.42 Å². The average Bonchev–Trinajstić information content (AvgIpc) is 2.72. The number of ether oxygens (including phenoxy) is 1. The Bertz CT molecular complexity index is 340. The molecule has 1 aromatic carbocycles. The van der Waals surface area contributed by atoms with E-state index in [0.29, 0.717) is 6.61 Å². The Morgan fingerprint density at radius 1 is 1.31 bits per heavy atom. The summed E-state index contributed by atoms with van der Waals surface area (Å²) in [5.41, 5.74) is 0. The van der Waals surface area contributed by atoms with Crippen LogP contribution in [-0.2, 0) is 0 Å². The summed E-state index contributed by atoms with van der Waals surface area (Å²) in [6, 6.07) is 9.76. The van der Waals surface area contributed by atoms with Crippen LogP contribution in [0.15, 0.2) is 30.3 Å². The van der Waals surface area contributed by atoms with Crippen LogP contribution in [-0.4, -0.2) is 37.2 Å². The molecule has 4 heteroatoms. The maximum atomic E-state index is 11.2. The predicted octanol–water partition coefficient (Wildman–Crippen LogP) is 1.48. The molecule has 0 saturated carbocycles.